The van der Waals surface area contributed by atoms with Gasteiger partial charge >= 0.3 is 0 Å². The number of benzene rings is 2. The summed E-state index contributed by atoms with van der Waals surface area (Å²) < 4.78 is 14.5. The van der Waals surface area contributed by atoms with E-state index in [9.17, 15) is 4.39 Å². The molecule has 0 amide bonds. The smallest absolute Gasteiger partial charge is 0.159 e. The zero-order valence-corrected chi connectivity index (χ0v) is 19.0. The van der Waals surface area contributed by atoms with E-state index in [0.29, 0.717) is 22.6 Å². The first-order valence-corrected chi connectivity index (χ1v) is 11.4. The average molecular weight is 464 g/mol. The topological polar surface area (TPSA) is 95.2 Å². The van der Waals surface area contributed by atoms with Crippen LogP contribution < -0.4 is 5.32 Å². The number of fused-ring (bicyclic) bond motifs is 2. The molecule has 8 heteroatoms. The van der Waals surface area contributed by atoms with Crippen molar-refractivity contribution >= 4 is 21.9 Å². The van der Waals surface area contributed by atoms with E-state index in [4.69, 9.17) is 4.98 Å². The third kappa shape index (κ3) is 3.83. The molecule has 6 rings (SSSR count). The number of halogens is 1. The standard InChI is InChI=1S/C27H22FN7/c1-2-29-12-16-10-17(14-30-13-16)23-11-20-24(15-31-23)34-35-26(20)27-32-22-9-5-7-19(25(22)33-27)18-6-3-4-8-21(18)28/h3-11,13-15,29H,2,12H2,1H3,(H,32,33)(H,34,35). The molecule has 35 heavy (non-hydrogen) atoms. The lowest BCUT2D eigenvalue weighted by Gasteiger charge is -2.05. The lowest BCUT2D eigenvalue weighted by Crippen LogP contribution is -2.11. The fourth-order valence-electron chi connectivity index (χ4n) is 4.29. The largest absolute Gasteiger partial charge is 0.337 e. The predicted octanol–water partition coefficient (Wildman–Crippen LogP) is 5.48. The Hall–Kier alpha value is -4.43. The summed E-state index contributed by atoms with van der Waals surface area (Å²) in [5.74, 6) is 0.321. The van der Waals surface area contributed by atoms with Gasteiger partial charge in [-0.25, -0.2) is 9.37 Å². The summed E-state index contributed by atoms with van der Waals surface area (Å²) in [4.78, 5) is 17.2. The molecule has 0 spiro atoms. The summed E-state index contributed by atoms with van der Waals surface area (Å²) in [6.45, 7) is 3.72. The van der Waals surface area contributed by atoms with Crippen LogP contribution in [0.25, 0.3) is 55.8 Å². The Morgan fingerprint density at radius 1 is 0.943 bits per heavy atom. The minimum atomic E-state index is -0.282. The Morgan fingerprint density at radius 2 is 1.83 bits per heavy atom. The van der Waals surface area contributed by atoms with Gasteiger partial charge in [-0.3, -0.25) is 15.1 Å². The molecule has 172 valence electrons. The van der Waals surface area contributed by atoms with E-state index >= 15 is 0 Å². The summed E-state index contributed by atoms with van der Waals surface area (Å²) in [7, 11) is 0. The second-order valence-electron chi connectivity index (χ2n) is 8.32. The number of nitrogens with zero attached hydrogens (tertiary/aromatic N) is 4. The number of para-hydroxylation sites is 1. The van der Waals surface area contributed by atoms with E-state index in [2.05, 4.69) is 43.5 Å². The van der Waals surface area contributed by atoms with Gasteiger partial charge in [0.05, 0.1) is 28.4 Å². The molecule has 0 unspecified atom stereocenters. The molecule has 4 heterocycles. The zero-order chi connectivity index (χ0) is 23.8. The van der Waals surface area contributed by atoms with Crippen LogP contribution in [-0.4, -0.2) is 36.7 Å². The Balaban J connectivity index is 1.45. The normalized spacial score (nSPS) is 11.5. The second kappa shape index (κ2) is 8.73. The molecule has 0 aliphatic rings. The van der Waals surface area contributed by atoms with Crippen LogP contribution in [0.4, 0.5) is 4.39 Å². The van der Waals surface area contributed by atoms with Crippen molar-refractivity contribution in [2.45, 2.75) is 13.5 Å². The van der Waals surface area contributed by atoms with Gasteiger partial charge in [0.25, 0.3) is 0 Å². The van der Waals surface area contributed by atoms with Gasteiger partial charge in [0.2, 0.25) is 0 Å². The summed E-state index contributed by atoms with van der Waals surface area (Å²) >= 11 is 0. The van der Waals surface area contributed by atoms with Crippen LogP contribution in [-0.2, 0) is 6.54 Å². The van der Waals surface area contributed by atoms with Gasteiger partial charge in [-0.05, 0) is 36.4 Å². The van der Waals surface area contributed by atoms with Gasteiger partial charge in [-0.1, -0.05) is 37.3 Å². The Kier molecular flexibility index (Phi) is 5.27. The van der Waals surface area contributed by atoms with Crippen molar-refractivity contribution in [3.8, 4) is 33.9 Å². The second-order valence-corrected chi connectivity index (χ2v) is 8.32. The first-order chi connectivity index (χ1) is 17.2. The number of hydrogen-bond donors (Lipinski definition) is 3. The van der Waals surface area contributed by atoms with Crippen LogP contribution in [0.3, 0.4) is 0 Å². The highest BCUT2D eigenvalue weighted by atomic mass is 19.1. The lowest BCUT2D eigenvalue weighted by atomic mass is 10.0. The van der Waals surface area contributed by atoms with Crippen molar-refractivity contribution in [1.29, 1.82) is 0 Å². The highest BCUT2D eigenvalue weighted by Gasteiger charge is 2.17. The van der Waals surface area contributed by atoms with Crippen LogP contribution in [0.2, 0.25) is 0 Å². The van der Waals surface area contributed by atoms with Crippen molar-refractivity contribution < 1.29 is 4.39 Å². The minimum Gasteiger partial charge on any atom is -0.337 e. The average Bonchev–Trinajstić information content (AvgIpc) is 3.51. The first kappa shape index (κ1) is 21.1. The van der Waals surface area contributed by atoms with Gasteiger partial charge in [0, 0.05) is 41.0 Å². The molecule has 3 N–H and O–H groups in total. The van der Waals surface area contributed by atoms with E-state index in [0.717, 1.165) is 51.9 Å². The highest BCUT2D eigenvalue weighted by Crippen LogP contribution is 2.33. The van der Waals surface area contributed by atoms with Crippen molar-refractivity contribution in [2.75, 3.05) is 6.54 Å². The number of H-pyrrole nitrogens is 2. The minimum absolute atomic E-state index is 0.282. The van der Waals surface area contributed by atoms with Crippen molar-refractivity contribution in [3.63, 3.8) is 0 Å². The van der Waals surface area contributed by atoms with E-state index in [1.165, 1.54) is 6.07 Å². The van der Waals surface area contributed by atoms with E-state index < -0.39 is 0 Å². The molecular weight excluding hydrogens is 441 g/mol. The summed E-state index contributed by atoms with van der Waals surface area (Å²) in [5.41, 5.74) is 7.05. The lowest BCUT2D eigenvalue weighted by molar-refractivity contribution is 0.631. The van der Waals surface area contributed by atoms with Crippen LogP contribution >= 0.6 is 0 Å². The van der Waals surface area contributed by atoms with Crippen molar-refractivity contribution in [2.24, 2.45) is 0 Å². The number of imidazole rings is 1. The quantitative estimate of drug-likeness (QED) is 0.304. The van der Waals surface area contributed by atoms with Gasteiger partial charge in [-0.15, -0.1) is 0 Å². The molecule has 0 saturated heterocycles. The maximum atomic E-state index is 14.5. The fraction of sp³-hybridized carbons (Fsp3) is 0.111. The predicted molar refractivity (Wildman–Crippen MR) is 135 cm³/mol. The van der Waals surface area contributed by atoms with Crippen LogP contribution in [0.15, 0.2) is 73.2 Å². The molecule has 0 atom stereocenters. The maximum Gasteiger partial charge on any atom is 0.159 e. The Labute approximate surface area is 200 Å². The Morgan fingerprint density at radius 3 is 2.71 bits per heavy atom. The van der Waals surface area contributed by atoms with Crippen LogP contribution in [0.5, 0.6) is 0 Å². The van der Waals surface area contributed by atoms with Gasteiger partial charge < -0.3 is 10.3 Å². The molecule has 4 aromatic heterocycles. The van der Waals surface area contributed by atoms with Crippen molar-refractivity contribution in [3.05, 3.63) is 84.6 Å². The molecule has 0 radical (unpaired) electrons. The Bertz CT molecular complexity index is 1670. The fourth-order valence-corrected chi connectivity index (χ4v) is 4.29. The molecule has 0 fully saturated rings. The van der Waals surface area contributed by atoms with Gasteiger partial charge in [-0.2, -0.15) is 5.10 Å². The summed E-state index contributed by atoms with van der Waals surface area (Å²) in [6, 6.07) is 16.5. The van der Waals surface area contributed by atoms with E-state index in [1.807, 2.05) is 42.7 Å². The third-order valence-corrected chi connectivity index (χ3v) is 6.02. The number of aromatic amines is 2. The monoisotopic (exact) mass is 463 g/mol. The number of nitrogens with one attached hydrogen (secondary N) is 3. The third-order valence-electron chi connectivity index (χ3n) is 6.02. The van der Waals surface area contributed by atoms with Crippen LogP contribution in [0, 0.1) is 5.82 Å². The molecule has 0 saturated carbocycles. The molecular formula is C27H22FN7. The van der Waals surface area contributed by atoms with E-state index in [-0.39, 0.29) is 5.82 Å². The maximum absolute atomic E-state index is 14.5. The van der Waals surface area contributed by atoms with Gasteiger partial charge in [0.1, 0.15) is 11.5 Å². The van der Waals surface area contributed by atoms with Gasteiger partial charge in [0.15, 0.2) is 5.82 Å². The number of rotatable bonds is 6. The summed E-state index contributed by atoms with van der Waals surface area (Å²) in [5, 5.41) is 11.8. The molecule has 2 aromatic carbocycles. The molecule has 7 nitrogen and oxygen atoms in total. The zero-order valence-electron chi connectivity index (χ0n) is 19.0. The highest BCUT2D eigenvalue weighted by molar-refractivity contribution is 5.97. The number of aromatic nitrogens is 6. The molecule has 0 aliphatic heterocycles. The molecule has 6 aromatic rings. The number of pyridine rings is 2. The van der Waals surface area contributed by atoms with Crippen molar-refractivity contribution in [1.82, 2.24) is 35.5 Å². The first-order valence-electron chi connectivity index (χ1n) is 11.4. The van der Waals surface area contributed by atoms with Crippen LogP contribution in [0.1, 0.15) is 12.5 Å². The van der Waals surface area contributed by atoms with E-state index in [1.54, 1.807) is 18.3 Å². The molecule has 0 aliphatic carbocycles. The summed E-state index contributed by atoms with van der Waals surface area (Å²) in [6.07, 6.45) is 5.44. The molecule has 0 bridgehead atoms. The SMILES string of the molecule is CCNCc1cncc(-c2cc3c(-c4nc5c(-c6ccccc6F)cccc5[nH]4)n[nH]c3cn2)c1. The number of hydrogen-bond acceptors (Lipinski definition) is 5.